The zero-order valence-electron chi connectivity index (χ0n) is 16.3. The Kier molecular flexibility index (Phi) is 5.28. The smallest absolute Gasteiger partial charge is 0.262 e. The Morgan fingerprint density at radius 2 is 1.71 bits per heavy atom. The summed E-state index contributed by atoms with van der Waals surface area (Å²) in [6.45, 7) is 3.14. The lowest BCUT2D eigenvalue weighted by molar-refractivity contribution is -0.119. The number of benzene rings is 2. The average molecular weight is 461 g/mol. The van der Waals surface area contributed by atoms with Crippen LogP contribution in [0, 0.1) is 12.7 Å². The van der Waals surface area contributed by atoms with Crippen molar-refractivity contribution >= 4 is 46.6 Å². The summed E-state index contributed by atoms with van der Waals surface area (Å²) < 4.78 is 16.1. The molecule has 1 aliphatic rings. The largest absolute Gasteiger partial charge is 0.324 e. The Labute approximate surface area is 186 Å². The van der Waals surface area contributed by atoms with Gasteiger partial charge in [0.2, 0.25) is 5.91 Å². The van der Waals surface area contributed by atoms with Gasteiger partial charge in [-0.2, -0.15) is 0 Å². The molecular formula is C21H15Cl2FN4O3. The SMILES string of the molecule is Cc1nccn1-c1ccc(NC(=O)C(C)N2C(=O)c3cc(Cl)c(Cl)cc3C2=O)cc1F. The van der Waals surface area contributed by atoms with Crippen molar-refractivity contribution in [1.29, 1.82) is 0 Å². The first-order valence-electron chi connectivity index (χ1n) is 9.16. The molecular weight excluding hydrogens is 446 g/mol. The molecule has 31 heavy (non-hydrogen) atoms. The summed E-state index contributed by atoms with van der Waals surface area (Å²) in [6, 6.07) is 5.62. The van der Waals surface area contributed by atoms with Crippen molar-refractivity contribution < 1.29 is 18.8 Å². The summed E-state index contributed by atoms with van der Waals surface area (Å²) in [7, 11) is 0. The number of aryl methyl sites for hydroxylation is 1. The van der Waals surface area contributed by atoms with Crippen molar-refractivity contribution in [3.8, 4) is 5.69 Å². The zero-order chi connectivity index (χ0) is 22.4. The number of nitrogens with zero attached hydrogens (tertiary/aromatic N) is 3. The molecule has 3 aromatic rings. The number of amides is 3. The molecule has 4 rings (SSSR count). The summed E-state index contributed by atoms with van der Waals surface area (Å²) in [5.41, 5.74) is 0.601. The van der Waals surface area contributed by atoms with E-state index in [2.05, 4.69) is 10.3 Å². The lowest BCUT2D eigenvalue weighted by Crippen LogP contribution is -2.45. The average Bonchev–Trinajstić information content (AvgIpc) is 3.24. The highest BCUT2D eigenvalue weighted by Crippen LogP contribution is 2.32. The summed E-state index contributed by atoms with van der Waals surface area (Å²) in [4.78, 5) is 43.0. The van der Waals surface area contributed by atoms with Gasteiger partial charge in [0.1, 0.15) is 17.7 Å². The van der Waals surface area contributed by atoms with E-state index in [4.69, 9.17) is 23.2 Å². The Morgan fingerprint density at radius 1 is 1.10 bits per heavy atom. The molecule has 1 aliphatic heterocycles. The number of aromatic nitrogens is 2. The maximum atomic E-state index is 14.6. The minimum Gasteiger partial charge on any atom is -0.324 e. The molecule has 2 heterocycles. The molecule has 0 radical (unpaired) electrons. The molecule has 1 unspecified atom stereocenters. The minimum atomic E-state index is -1.15. The number of carbonyl (C=O) groups is 3. The number of hydrogen-bond acceptors (Lipinski definition) is 4. The van der Waals surface area contributed by atoms with Gasteiger partial charge in [0.25, 0.3) is 11.8 Å². The molecule has 7 nitrogen and oxygen atoms in total. The standard InChI is InChI=1S/C21H15Cl2FN4O3/c1-10(28-20(30)13-8-15(22)16(23)9-14(13)21(28)31)19(29)26-12-3-4-18(17(24)7-12)27-6-5-25-11(27)2/h3-10H,1-2H3,(H,26,29). The van der Waals surface area contributed by atoms with Gasteiger partial charge in [-0.15, -0.1) is 0 Å². The zero-order valence-corrected chi connectivity index (χ0v) is 17.8. The van der Waals surface area contributed by atoms with Crippen LogP contribution < -0.4 is 5.32 Å². The van der Waals surface area contributed by atoms with Crippen LogP contribution in [0.15, 0.2) is 42.7 Å². The molecule has 2 aromatic carbocycles. The number of halogens is 3. The first-order chi connectivity index (χ1) is 14.7. The van der Waals surface area contributed by atoms with Crippen LogP contribution in [-0.2, 0) is 4.79 Å². The first-order valence-corrected chi connectivity index (χ1v) is 9.92. The fourth-order valence-electron chi connectivity index (χ4n) is 3.38. The van der Waals surface area contributed by atoms with Crippen LogP contribution in [0.25, 0.3) is 5.69 Å². The number of fused-ring (bicyclic) bond motifs is 1. The highest BCUT2D eigenvalue weighted by atomic mass is 35.5. The molecule has 3 amide bonds. The molecule has 10 heteroatoms. The van der Waals surface area contributed by atoms with Crippen molar-refractivity contribution in [3.05, 3.63) is 75.5 Å². The topological polar surface area (TPSA) is 84.3 Å². The van der Waals surface area contributed by atoms with E-state index in [9.17, 15) is 18.8 Å². The molecule has 0 bridgehead atoms. The normalized spacial score (nSPS) is 14.0. The van der Waals surface area contributed by atoms with Gasteiger partial charge >= 0.3 is 0 Å². The number of nitrogens with one attached hydrogen (secondary N) is 1. The molecule has 1 N–H and O–H groups in total. The predicted molar refractivity (Wildman–Crippen MR) is 113 cm³/mol. The number of carbonyl (C=O) groups excluding carboxylic acids is 3. The number of anilines is 1. The van der Waals surface area contributed by atoms with E-state index in [1.165, 1.54) is 31.2 Å². The van der Waals surface area contributed by atoms with Gasteiger partial charge in [-0.1, -0.05) is 23.2 Å². The third-order valence-electron chi connectivity index (χ3n) is 5.03. The summed E-state index contributed by atoms with van der Waals surface area (Å²) >= 11 is 11.9. The Balaban J connectivity index is 1.54. The maximum Gasteiger partial charge on any atom is 0.262 e. The molecule has 158 valence electrons. The summed E-state index contributed by atoms with van der Waals surface area (Å²) in [5, 5.41) is 2.79. The van der Waals surface area contributed by atoms with Crippen LogP contribution in [0.4, 0.5) is 10.1 Å². The van der Waals surface area contributed by atoms with Crippen molar-refractivity contribution in [2.45, 2.75) is 19.9 Å². The summed E-state index contributed by atoms with van der Waals surface area (Å²) in [6.07, 6.45) is 3.17. The van der Waals surface area contributed by atoms with E-state index in [0.717, 1.165) is 11.0 Å². The molecule has 1 atom stereocenters. The Hall–Kier alpha value is -3.23. The minimum absolute atomic E-state index is 0.0742. The third-order valence-corrected chi connectivity index (χ3v) is 5.75. The number of imide groups is 1. The van der Waals surface area contributed by atoms with Gasteiger partial charge in [-0.05, 0) is 44.2 Å². The lowest BCUT2D eigenvalue weighted by atomic mass is 10.1. The fourth-order valence-corrected chi connectivity index (χ4v) is 3.71. The van der Waals surface area contributed by atoms with E-state index in [1.54, 1.807) is 23.9 Å². The van der Waals surface area contributed by atoms with Gasteiger partial charge in [-0.3, -0.25) is 19.3 Å². The van der Waals surface area contributed by atoms with E-state index in [1.807, 2.05) is 0 Å². The van der Waals surface area contributed by atoms with Crippen molar-refractivity contribution in [2.24, 2.45) is 0 Å². The highest BCUT2D eigenvalue weighted by Gasteiger charge is 2.41. The number of imidazole rings is 1. The van der Waals surface area contributed by atoms with E-state index < -0.39 is 29.6 Å². The number of hydrogen-bond donors (Lipinski definition) is 1. The van der Waals surface area contributed by atoms with Crippen LogP contribution in [0.3, 0.4) is 0 Å². The van der Waals surface area contributed by atoms with Crippen LogP contribution in [0.1, 0.15) is 33.5 Å². The van der Waals surface area contributed by atoms with E-state index in [0.29, 0.717) is 5.82 Å². The summed E-state index contributed by atoms with van der Waals surface area (Å²) in [5.74, 6) is -1.93. The van der Waals surface area contributed by atoms with Gasteiger partial charge < -0.3 is 9.88 Å². The Bertz CT molecular complexity index is 1220. The predicted octanol–water partition coefficient (Wildman–Crippen LogP) is 4.25. The third kappa shape index (κ3) is 3.58. The molecule has 0 aliphatic carbocycles. The van der Waals surface area contributed by atoms with Crippen molar-refractivity contribution in [3.63, 3.8) is 0 Å². The van der Waals surface area contributed by atoms with Crippen molar-refractivity contribution in [2.75, 3.05) is 5.32 Å². The van der Waals surface area contributed by atoms with E-state index in [-0.39, 0.29) is 32.5 Å². The van der Waals surface area contributed by atoms with Crippen LogP contribution in [-0.4, -0.2) is 38.2 Å². The monoisotopic (exact) mass is 460 g/mol. The second-order valence-electron chi connectivity index (χ2n) is 6.97. The second kappa shape index (κ2) is 7.79. The molecule has 0 fully saturated rings. The first kappa shape index (κ1) is 21.0. The van der Waals surface area contributed by atoms with Gasteiger partial charge in [0, 0.05) is 18.1 Å². The lowest BCUT2D eigenvalue weighted by Gasteiger charge is -2.21. The highest BCUT2D eigenvalue weighted by molar-refractivity contribution is 6.43. The fraction of sp³-hybridized carbons (Fsp3) is 0.143. The quantitative estimate of drug-likeness (QED) is 0.589. The van der Waals surface area contributed by atoms with Gasteiger partial charge in [-0.25, -0.2) is 9.37 Å². The number of rotatable bonds is 4. The van der Waals surface area contributed by atoms with Crippen molar-refractivity contribution in [1.82, 2.24) is 14.5 Å². The second-order valence-corrected chi connectivity index (χ2v) is 7.78. The Morgan fingerprint density at radius 3 is 2.23 bits per heavy atom. The van der Waals surface area contributed by atoms with Crippen LogP contribution in [0.5, 0.6) is 0 Å². The van der Waals surface area contributed by atoms with Crippen LogP contribution in [0.2, 0.25) is 10.0 Å². The van der Waals surface area contributed by atoms with E-state index >= 15 is 0 Å². The van der Waals surface area contributed by atoms with Gasteiger partial charge in [0.15, 0.2) is 0 Å². The molecule has 0 spiro atoms. The molecule has 0 saturated heterocycles. The van der Waals surface area contributed by atoms with Crippen LogP contribution >= 0.6 is 23.2 Å². The maximum absolute atomic E-state index is 14.6. The molecule has 1 aromatic heterocycles. The van der Waals surface area contributed by atoms with Gasteiger partial charge in [0.05, 0.1) is 26.9 Å². The molecule has 0 saturated carbocycles.